The highest BCUT2D eigenvalue weighted by Gasteiger charge is 2.11. The molecule has 5 heteroatoms. The van der Waals surface area contributed by atoms with Crippen LogP contribution in [0.2, 0.25) is 0 Å². The van der Waals surface area contributed by atoms with Crippen LogP contribution in [-0.4, -0.2) is 32.2 Å². The van der Waals surface area contributed by atoms with Crippen LogP contribution in [0.3, 0.4) is 0 Å². The molecule has 116 valence electrons. The molecule has 2 aromatic rings. The lowest BCUT2D eigenvalue weighted by atomic mass is 10.2. The van der Waals surface area contributed by atoms with Crippen LogP contribution >= 0.6 is 0 Å². The van der Waals surface area contributed by atoms with Crippen molar-refractivity contribution in [3.05, 3.63) is 59.7 Å². The number of methoxy groups -OCH3 is 1. The van der Waals surface area contributed by atoms with Gasteiger partial charge in [0.25, 0.3) is 5.91 Å². The Morgan fingerprint density at radius 2 is 1.77 bits per heavy atom. The van der Waals surface area contributed by atoms with E-state index in [1.807, 2.05) is 30.3 Å². The minimum absolute atomic E-state index is 0.225. The molecule has 0 N–H and O–H groups in total. The average molecular weight is 301 g/mol. The van der Waals surface area contributed by atoms with Crippen LogP contribution in [0.15, 0.2) is 48.5 Å². The number of nitrogens with zero attached hydrogens (tertiary/aromatic N) is 1. The van der Waals surface area contributed by atoms with Crippen LogP contribution in [0.25, 0.3) is 0 Å². The maximum Gasteiger partial charge on any atom is 0.277 e. The second-order valence-electron chi connectivity index (χ2n) is 4.65. The van der Waals surface area contributed by atoms with Crippen molar-refractivity contribution >= 4 is 5.91 Å². The molecular weight excluding hydrogens is 282 g/mol. The summed E-state index contributed by atoms with van der Waals surface area (Å²) in [6.45, 7) is 0.418. The van der Waals surface area contributed by atoms with Gasteiger partial charge in [0.05, 0.1) is 14.2 Å². The molecule has 0 fully saturated rings. The van der Waals surface area contributed by atoms with Gasteiger partial charge in [-0.15, -0.1) is 0 Å². The van der Waals surface area contributed by atoms with Gasteiger partial charge in [-0.05, 0) is 35.9 Å². The molecule has 5 nitrogen and oxygen atoms in total. The molecule has 0 spiro atoms. The monoisotopic (exact) mass is 301 g/mol. The SMILES string of the molecule is COc1ccc(COc2cccc(C(=O)N(C)OC)c2)cc1. The zero-order chi connectivity index (χ0) is 15.9. The Kier molecular flexibility index (Phi) is 5.38. The first-order valence-electron chi connectivity index (χ1n) is 6.82. The van der Waals surface area contributed by atoms with E-state index in [0.717, 1.165) is 11.3 Å². The summed E-state index contributed by atoms with van der Waals surface area (Å²) < 4.78 is 10.8. The first-order valence-corrected chi connectivity index (χ1v) is 6.82. The highest BCUT2D eigenvalue weighted by atomic mass is 16.7. The number of hydroxylamine groups is 2. The molecule has 0 bridgehead atoms. The van der Waals surface area contributed by atoms with Gasteiger partial charge in [-0.1, -0.05) is 18.2 Å². The van der Waals surface area contributed by atoms with E-state index in [4.69, 9.17) is 14.3 Å². The van der Waals surface area contributed by atoms with Gasteiger partial charge >= 0.3 is 0 Å². The molecule has 0 aliphatic rings. The fourth-order valence-corrected chi connectivity index (χ4v) is 1.87. The molecule has 0 heterocycles. The summed E-state index contributed by atoms with van der Waals surface area (Å²) in [6, 6.07) is 14.6. The Morgan fingerprint density at radius 3 is 2.41 bits per heavy atom. The van der Waals surface area contributed by atoms with Crippen molar-refractivity contribution in [1.29, 1.82) is 0 Å². The molecule has 0 aromatic heterocycles. The quantitative estimate of drug-likeness (QED) is 0.770. The van der Waals surface area contributed by atoms with Crippen molar-refractivity contribution in [3.63, 3.8) is 0 Å². The summed E-state index contributed by atoms with van der Waals surface area (Å²) in [5.41, 5.74) is 1.53. The topological polar surface area (TPSA) is 48.0 Å². The maximum atomic E-state index is 12.0. The number of carbonyl (C=O) groups excluding carboxylic acids is 1. The lowest BCUT2D eigenvalue weighted by Crippen LogP contribution is -2.25. The number of hydrogen-bond donors (Lipinski definition) is 0. The number of ether oxygens (including phenoxy) is 2. The second-order valence-corrected chi connectivity index (χ2v) is 4.65. The van der Waals surface area contributed by atoms with Crippen molar-refractivity contribution in [1.82, 2.24) is 5.06 Å². The molecule has 0 atom stereocenters. The number of rotatable bonds is 6. The van der Waals surface area contributed by atoms with Crippen molar-refractivity contribution in [2.24, 2.45) is 0 Å². The van der Waals surface area contributed by atoms with Gasteiger partial charge in [0.2, 0.25) is 0 Å². The molecule has 0 unspecified atom stereocenters. The molecule has 0 saturated carbocycles. The Balaban J connectivity index is 2.02. The van der Waals surface area contributed by atoms with Crippen molar-refractivity contribution in [3.8, 4) is 11.5 Å². The Labute approximate surface area is 130 Å². The smallest absolute Gasteiger partial charge is 0.277 e. The molecule has 1 amide bonds. The third kappa shape index (κ3) is 3.99. The highest BCUT2D eigenvalue weighted by Crippen LogP contribution is 2.17. The molecule has 22 heavy (non-hydrogen) atoms. The number of carbonyl (C=O) groups is 1. The summed E-state index contributed by atoms with van der Waals surface area (Å²) in [5, 5.41) is 1.17. The highest BCUT2D eigenvalue weighted by molar-refractivity contribution is 5.93. The van der Waals surface area contributed by atoms with E-state index < -0.39 is 0 Å². The van der Waals surface area contributed by atoms with Crippen LogP contribution in [-0.2, 0) is 11.4 Å². The minimum Gasteiger partial charge on any atom is -0.497 e. The van der Waals surface area contributed by atoms with E-state index in [9.17, 15) is 4.79 Å². The predicted molar refractivity (Wildman–Crippen MR) is 82.9 cm³/mol. The molecule has 0 aliphatic heterocycles. The van der Waals surface area contributed by atoms with E-state index in [0.29, 0.717) is 17.9 Å². The Morgan fingerprint density at radius 1 is 1.05 bits per heavy atom. The van der Waals surface area contributed by atoms with Gasteiger partial charge in [-0.2, -0.15) is 0 Å². The first-order chi connectivity index (χ1) is 10.6. The fraction of sp³-hybridized carbons (Fsp3) is 0.235. The molecule has 0 aliphatic carbocycles. The van der Waals surface area contributed by atoms with E-state index >= 15 is 0 Å². The zero-order valence-corrected chi connectivity index (χ0v) is 12.9. The number of hydrogen-bond acceptors (Lipinski definition) is 4. The largest absolute Gasteiger partial charge is 0.497 e. The summed E-state index contributed by atoms with van der Waals surface area (Å²) in [7, 11) is 4.64. The summed E-state index contributed by atoms with van der Waals surface area (Å²) in [4.78, 5) is 16.9. The number of amides is 1. The van der Waals surface area contributed by atoms with Crippen molar-refractivity contribution < 1.29 is 19.1 Å². The third-order valence-corrected chi connectivity index (χ3v) is 3.21. The van der Waals surface area contributed by atoms with E-state index in [2.05, 4.69) is 0 Å². The molecular formula is C17H19NO4. The molecule has 2 aromatic carbocycles. The average Bonchev–Trinajstić information content (AvgIpc) is 2.59. The second kappa shape index (κ2) is 7.47. The summed E-state index contributed by atoms with van der Waals surface area (Å²) in [6.07, 6.45) is 0. The maximum absolute atomic E-state index is 12.0. The molecule has 0 radical (unpaired) electrons. The van der Waals surface area contributed by atoms with Crippen LogP contribution in [0, 0.1) is 0 Å². The number of benzene rings is 2. The minimum atomic E-state index is -0.225. The van der Waals surface area contributed by atoms with Gasteiger partial charge in [0.1, 0.15) is 18.1 Å². The van der Waals surface area contributed by atoms with Crippen LogP contribution in [0.4, 0.5) is 0 Å². The Bertz CT molecular complexity index is 625. The fourth-order valence-electron chi connectivity index (χ4n) is 1.87. The van der Waals surface area contributed by atoms with E-state index in [1.165, 1.54) is 12.2 Å². The lowest BCUT2D eigenvalue weighted by molar-refractivity contribution is -0.0757. The van der Waals surface area contributed by atoms with E-state index in [1.54, 1.807) is 32.4 Å². The molecule has 0 saturated heterocycles. The first kappa shape index (κ1) is 15.9. The van der Waals surface area contributed by atoms with Crippen LogP contribution < -0.4 is 9.47 Å². The molecule has 2 rings (SSSR count). The van der Waals surface area contributed by atoms with Gasteiger partial charge < -0.3 is 9.47 Å². The predicted octanol–water partition coefficient (Wildman–Crippen LogP) is 2.91. The summed E-state index contributed by atoms with van der Waals surface area (Å²) in [5.74, 6) is 1.21. The standard InChI is InChI=1S/C17H19NO4/c1-18(21-3)17(19)14-5-4-6-16(11-14)22-12-13-7-9-15(20-2)10-8-13/h4-11H,12H2,1-3H3. The lowest BCUT2D eigenvalue weighted by Gasteiger charge is -2.14. The van der Waals surface area contributed by atoms with Crippen molar-refractivity contribution in [2.75, 3.05) is 21.3 Å². The van der Waals surface area contributed by atoms with Gasteiger partial charge in [0.15, 0.2) is 0 Å². The van der Waals surface area contributed by atoms with Gasteiger partial charge in [-0.3, -0.25) is 9.63 Å². The van der Waals surface area contributed by atoms with Gasteiger partial charge in [-0.25, -0.2) is 5.06 Å². The Hall–Kier alpha value is -2.53. The summed E-state index contributed by atoms with van der Waals surface area (Å²) >= 11 is 0. The van der Waals surface area contributed by atoms with E-state index in [-0.39, 0.29) is 5.91 Å². The van der Waals surface area contributed by atoms with Gasteiger partial charge in [0, 0.05) is 12.6 Å². The third-order valence-electron chi connectivity index (χ3n) is 3.21. The normalized spacial score (nSPS) is 10.1. The zero-order valence-electron chi connectivity index (χ0n) is 12.9. The van der Waals surface area contributed by atoms with Crippen LogP contribution in [0.5, 0.6) is 11.5 Å². The van der Waals surface area contributed by atoms with Crippen LogP contribution in [0.1, 0.15) is 15.9 Å². The van der Waals surface area contributed by atoms with Crippen molar-refractivity contribution in [2.45, 2.75) is 6.61 Å².